The second kappa shape index (κ2) is 7.21. The third-order valence-corrected chi connectivity index (χ3v) is 2.58. The zero-order chi connectivity index (χ0) is 15.9. The zero-order valence-electron chi connectivity index (χ0n) is 11.8. The number of rotatable bonds is 5. The molecule has 0 unspecified atom stereocenters. The number of aromatic nitrogens is 1. The van der Waals surface area contributed by atoms with E-state index in [1.807, 2.05) is 0 Å². The molecule has 0 saturated heterocycles. The van der Waals surface area contributed by atoms with Crippen LogP contribution in [-0.2, 0) is 9.53 Å². The van der Waals surface area contributed by atoms with Crippen molar-refractivity contribution in [2.75, 3.05) is 6.61 Å². The first kappa shape index (κ1) is 15.5. The molecular formula is C16H14FNO4. The molecule has 2 aromatic rings. The number of aliphatic hydroxyl groups is 1. The minimum absolute atomic E-state index is 0.175. The fourth-order valence-electron chi connectivity index (χ4n) is 1.58. The lowest BCUT2D eigenvalue weighted by Gasteiger charge is -2.05. The number of hydrogen-bond donors (Lipinski definition) is 1. The minimum atomic E-state index is -0.809. The van der Waals surface area contributed by atoms with E-state index >= 15 is 0 Å². The number of hydrogen-bond acceptors (Lipinski definition) is 5. The van der Waals surface area contributed by atoms with Gasteiger partial charge in [0.05, 0.1) is 18.5 Å². The van der Waals surface area contributed by atoms with Gasteiger partial charge < -0.3 is 14.6 Å². The van der Waals surface area contributed by atoms with Crippen molar-refractivity contribution < 1.29 is 23.8 Å². The van der Waals surface area contributed by atoms with Crippen LogP contribution in [0.3, 0.4) is 0 Å². The second-order valence-corrected chi connectivity index (χ2v) is 4.22. The minimum Gasteiger partial charge on any atom is -0.502 e. The first-order valence-corrected chi connectivity index (χ1v) is 6.55. The summed E-state index contributed by atoms with van der Waals surface area (Å²) in [7, 11) is 0. The predicted octanol–water partition coefficient (Wildman–Crippen LogP) is 3.48. The molecule has 6 heteroatoms. The molecular weight excluding hydrogens is 289 g/mol. The second-order valence-electron chi connectivity index (χ2n) is 4.22. The van der Waals surface area contributed by atoms with Crippen LogP contribution in [-0.4, -0.2) is 22.7 Å². The Morgan fingerprint density at radius 1 is 1.23 bits per heavy atom. The molecule has 0 radical (unpaired) electrons. The Morgan fingerprint density at radius 3 is 2.50 bits per heavy atom. The van der Waals surface area contributed by atoms with Crippen molar-refractivity contribution in [3.8, 4) is 11.5 Å². The molecule has 22 heavy (non-hydrogen) atoms. The average molecular weight is 303 g/mol. The van der Waals surface area contributed by atoms with Gasteiger partial charge in [0.2, 0.25) is 5.76 Å². The number of pyridine rings is 1. The van der Waals surface area contributed by atoms with Crippen LogP contribution in [0.2, 0.25) is 0 Å². The van der Waals surface area contributed by atoms with Gasteiger partial charge in [-0.2, -0.15) is 0 Å². The lowest BCUT2D eigenvalue weighted by molar-refractivity contribution is -0.141. The van der Waals surface area contributed by atoms with Crippen molar-refractivity contribution in [1.29, 1.82) is 0 Å². The topological polar surface area (TPSA) is 68.7 Å². The summed E-state index contributed by atoms with van der Waals surface area (Å²) in [5, 5.41) is 9.51. The monoisotopic (exact) mass is 303 g/mol. The summed E-state index contributed by atoms with van der Waals surface area (Å²) in [6.45, 7) is 1.82. The van der Waals surface area contributed by atoms with Gasteiger partial charge in [-0.15, -0.1) is 0 Å². The molecule has 0 aliphatic carbocycles. The van der Waals surface area contributed by atoms with Crippen LogP contribution in [0.5, 0.6) is 11.5 Å². The number of esters is 1. The van der Waals surface area contributed by atoms with Crippen LogP contribution in [0.4, 0.5) is 4.39 Å². The number of carbonyl (C=O) groups excluding carboxylic acids is 1. The van der Waals surface area contributed by atoms with Gasteiger partial charge in [-0.25, -0.2) is 9.18 Å². The molecule has 0 fully saturated rings. The summed E-state index contributed by atoms with van der Waals surface area (Å²) in [4.78, 5) is 15.3. The van der Waals surface area contributed by atoms with Gasteiger partial charge in [0.1, 0.15) is 17.3 Å². The fraction of sp³-hybridized carbons (Fsp3) is 0.125. The van der Waals surface area contributed by atoms with Gasteiger partial charge in [-0.1, -0.05) is 0 Å². The summed E-state index contributed by atoms with van der Waals surface area (Å²) in [6, 6.07) is 8.74. The lowest BCUT2D eigenvalue weighted by Crippen LogP contribution is -2.06. The van der Waals surface area contributed by atoms with Crippen molar-refractivity contribution in [3.63, 3.8) is 0 Å². The van der Waals surface area contributed by atoms with Crippen LogP contribution in [0.1, 0.15) is 12.6 Å². The zero-order valence-corrected chi connectivity index (χ0v) is 11.8. The highest BCUT2D eigenvalue weighted by atomic mass is 19.1. The van der Waals surface area contributed by atoms with Gasteiger partial charge in [-0.3, -0.25) is 4.98 Å². The fourth-order valence-corrected chi connectivity index (χ4v) is 1.58. The Bertz CT molecular complexity index is 666. The van der Waals surface area contributed by atoms with Crippen LogP contribution in [0.15, 0.2) is 48.4 Å². The number of halogens is 1. The summed E-state index contributed by atoms with van der Waals surface area (Å²) in [5.74, 6) is -0.766. The van der Waals surface area contributed by atoms with E-state index in [4.69, 9.17) is 4.74 Å². The molecule has 0 amide bonds. The average Bonchev–Trinajstić information content (AvgIpc) is 2.51. The summed E-state index contributed by atoms with van der Waals surface area (Å²) >= 11 is 0. The van der Waals surface area contributed by atoms with E-state index in [-0.39, 0.29) is 12.4 Å². The van der Waals surface area contributed by atoms with Crippen molar-refractivity contribution >= 4 is 12.0 Å². The summed E-state index contributed by atoms with van der Waals surface area (Å²) < 4.78 is 22.9. The molecule has 0 bridgehead atoms. The molecule has 0 spiro atoms. The first-order valence-electron chi connectivity index (χ1n) is 6.55. The van der Waals surface area contributed by atoms with Crippen molar-refractivity contribution in [2.45, 2.75) is 6.92 Å². The van der Waals surface area contributed by atoms with Gasteiger partial charge in [-0.05, 0) is 43.3 Å². The highest BCUT2D eigenvalue weighted by molar-refractivity contribution is 5.90. The normalized spacial score (nSPS) is 11.1. The van der Waals surface area contributed by atoms with Crippen molar-refractivity contribution in [3.05, 3.63) is 59.9 Å². The molecule has 1 heterocycles. The number of carbonyl (C=O) groups is 1. The Labute approximate surface area is 126 Å². The molecule has 0 aliphatic rings. The first-order chi connectivity index (χ1) is 10.6. The van der Waals surface area contributed by atoms with Crippen LogP contribution < -0.4 is 4.74 Å². The smallest absolute Gasteiger partial charge is 0.373 e. The predicted molar refractivity (Wildman–Crippen MR) is 77.9 cm³/mol. The van der Waals surface area contributed by atoms with Crippen LogP contribution in [0, 0.1) is 5.82 Å². The van der Waals surface area contributed by atoms with Gasteiger partial charge in [0.15, 0.2) is 0 Å². The van der Waals surface area contributed by atoms with E-state index in [1.54, 1.807) is 19.1 Å². The van der Waals surface area contributed by atoms with Crippen molar-refractivity contribution in [1.82, 2.24) is 4.98 Å². The Kier molecular flexibility index (Phi) is 5.08. The SMILES string of the molecule is CCOC(=O)C(O)=Cc1ccc(Oc2ccc(F)cc2)cn1. The number of aliphatic hydroxyl groups excluding tert-OH is 1. The molecule has 1 aromatic heterocycles. The maximum Gasteiger partial charge on any atom is 0.373 e. The molecule has 5 nitrogen and oxygen atoms in total. The highest BCUT2D eigenvalue weighted by Crippen LogP contribution is 2.21. The number of ether oxygens (including phenoxy) is 2. The van der Waals surface area contributed by atoms with E-state index in [0.717, 1.165) is 0 Å². The molecule has 114 valence electrons. The van der Waals surface area contributed by atoms with E-state index in [1.165, 1.54) is 36.5 Å². The lowest BCUT2D eigenvalue weighted by atomic mass is 10.3. The van der Waals surface area contributed by atoms with Gasteiger partial charge in [0, 0.05) is 6.08 Å². The molecule has 2 rings (SSSR count). The summed E-state index contributed by atoms with van der Waals surface area (Å²) in [5.41, 5.74) is 0.372. The van der Waals surface area contributed by atoms with Crippen molar-refractivity contribution in [2.24, 2.45) is 0 Å². The Balaban J connectivity index is 2.05. The third-order valence-electron chi connectivity index (χ3n) is 2.58. The largest absolute Gasteiger partial charge is 0.502 e. The standard InChI is InChI=1S/C16H14FNO4/c1-2-21-16(20)15(19)9-12-5-8-14(10-18-12)22-13-6-3-11(17)4-7-13/h3-10,19H,2H2,1H3. The molecule has 1 N–H and O–H groups in total. The molecule has 1 aromatic carbocycles. The van der Waals surface area contributed by atoms with E-state index in [0.29, 0.717) is 17.2 Å². The van der Waals surface area contributed by atoms with Crippen LogP contribution in [0.25, 0.3) is 6.08 Å². The number of benzene rings is 1. The Hall–Kier alpha value is -2.89. The molecule has 0 saturated carbocycles. The number of nitrogens with zero attached hydrogens (tertiary/aromatic N) is 1. The molecule has 0 atom stereocenters. The van der Waals surface area contributed by atoms with Gasteiger partial charge in [0.25, 0.3) is 0 Å². The Morgan fingerprint density at radius 2 is 1.91 bits per heavy atom. The van der Waals surface area contributed by atoms with Crippen LogP contribution >= 0.6 is 0 Å². The highest BCUT2D eigenvalue weighted by Gasteiger charge is 2.08. The third kappa shape index (κ3) is 4.31. The molecule has 0 aliphatic heterocycles. The van der Waals surface area contributed by atoms with Gasteiger partial charge >= 0.3 is 5.97 Å². The summed E-state index contributed by atoms with van der Waals surface area (Å²) in [6.07, 6.45) is 2.62. The van der Waals surface area contributed by atoms with E-state index in [2.05, 4.69) is 9.72 Å². The van der Waals surface area contributed by atoms with E-state index in [9.17, 15) is 14.3 Å². The quantitative estimate of drug-likeness (QED) is 0.520. The van der Waals surface area contributed by atoms with E-state index < -0.39 is 11.7 Å². The maximum absolute atomic E-state index is 12.8. The maximum atomic E-state index is 12.8.